The zero-order valence-corrected chi connectivity index (χ0v) is 11.9. The van der Waals surface area contributed by atoms with Crippen LogP contribution in [0.15, 0.2) is 18.2 Å². The number of rotatable bonds is 5. The number of piperidine rings is 1. The van der Waals surface area contributed by atoms with E-state index in [0.717, 1.165) is 31.7 Å². The van der Waals surface area contributed by atoms with E-state index in [1.807, 2.05) is 12.1 Å². The number of benzene rings is 1. The third-order valence-corrected chi connectivity index (χ3v) is 3.71. The van der Waals surface area contributed by atoms with E-state index in [0.29, 0.717) is 11.7 Å². The molecule has 1 aromatic carbocycles. The Bertz CT molecular complexity index is 403. The maximum absolute atomic E-state index is 10.1. The van der Waals surface area contributed by atoms with Gasteiger partial charge in [-0.1, -0.05) is 12.1 Å². The lowest BCUT2D eigenvalue weighted by Gasteiger charge is -2.27. The van der Waals surface area contributed by atoms with Crippen molar-refractivity contribution in [1.29, 1.82) is 0 Å². The molecule has 0 amide bonds. The molecule has 1 unspecified atom stereocenters. The summed E-state index contributed by atoms with van der Waals surface area (Å²) in [4.78, 5) is 2.27. The van der Waals surface area contributed by atoms with E-state index in [1.165, 1.54) is 12.8 Å². The fourth-order valence-electron chi connectivity index (χ4n) is 2.74. The van der Waals surface area contributed by atoms with Crippen molar-refractivity contribution in [2.24, 2.45) is 5.92 Å². The molecular weight excluding hydrogens is 240 g/mol. The second kappa shape index (κ2) is 6.78. The molecule has 4 heteroatoms. The van der Waals surface area contributed by atoms with Crippen LogP contribution in [0, 0.1) is 5.92 Å². The molecule has 0 saturated carbocycles. The maximum Gasteiger partial charge on any atom is 0.162 e. The van der Waals surface area contributed by atoms with Gasteiger partial charge in [0.05, 0.1) is 7.11 Å². The quantitative estimate of drug-likeness (QED) is 0.851. The first-order chi connectivity index (χ1) is 9.20. The van der Waals surface area contributed by atoms with Gasteiger partial charge < -0.3 is 20.1 Å². The number of ether oxygens (including phenoxy) is 1. The van der Waals surface area contributed by atoms with Crippen molar-refractivity contribution in [3.63, 3.8) is 0 Å². The molecule has 2 N–H and O–H groups in total. The number of nitrogens with one attached hydrogen (secondary N) is 1. The molecule has 106 valence electrons. The SMILES string of the molecule is COc1cccc(CN(C)CC2CCCNC2)c1O. The van der Waals surface area contributed by atoms with E-state index in [1.54, 1.807) is 13.2 Å². The molecule has 0 bridgehead atoms. The topological polar surface area (TPSA) is 44.7 Å². The van der Waals surface area contributed by atoms with E-state index in [2.05, 4.69) is 17.3 Å². The second-order valence-corrected chi connectivity index (χ2v) is 5.38. The molecule has 1 atom stereocenters. The Morgan fingerprint density at radius 1 is 1.47 bits per heavy atom. The highest BCUT2D eigenvalue weighted by Gasteiger charge is 2.16. The fraction of sp³-hybridized carbons (Fsp3) is 0.600. The molecule has 0 aliphatic carbocycles. The van der Waals surface area contributed by atoms with Crippen LogP contribution in [0.2, 0.25) is 0 Å². The normalized spacial score (nSPS) is 19.6. The number of methoxy groups -OCH3 is 1. The van der Waals surface area contributed by atoms with Gasteiger partial charge in [-0.2, -0.15) is 0 Å². The molecule has 1 aliphatic heterocycles. The summed E-state index contributed by atoms with van der Waals surface area (Å²) < 4.78 is 5.14. The van der Waals surface area contributed by atoms with Crippen LogP contribution in [0.25, 0.3) is 0 Å². The van der Waals surface area contributed by atoms with Crippen molar-refractivity contribution < 1.29 is 9.84 Å². The lowest BCUT2D eigenvalue weighted by molar-refractivity contribution is 0.235. The Morgan fingerprint density at radius 3 is 3.00 bits per heavy atom. The molecule has 1 fully saturated rings. The first kappa shape index (κ1) is 14.2. The highest BCUT2D eigenvalue weighted by Crippen LogP contribution is 2.30. The van der Waals surface area contributed by atoms with Crippen LogP contribution in [-0.4, -0.2) is 43.8 Å². The number of aromatic hydroxyl groups is 1. The summed E-state index contributed by atoms with van der Waals surface area (Å²) in [6.45, 7) is 4.06. The largest absolute Gasteiger partial charge is 0.504 e. The molecule has 0 radical (unpaired) electrons. The number of phenols is 1. The Labute approximate surface area is 115 Å². The van der Waals surface area contributed by atoms with Crippen LogP contribution in [0.1, 0.15) is 18.4 Å². The van der Waals surface area contributed by atoms with E-state index < -0.39 is 0 Å². The van der Waals surface area contributed by atoms with Crippen LogP contribution < -0.4 is 10.1 Å². The second-order valence-electron chi connectivity index (χ2n) is 5.38. The average molecular weight is 264 g/mol. The molecule has 0 aromatic heterocycles. The molecule has 2 rings (SSSR count). The summed E-state index contributed by atoms with van der Waals surface area (Å²) in [6.07, 6.45) is 2.56. The summed E-state index contributed by atoms with van der Waals surface area (Å²) in [5.41, 5.74) is 0.922. The minimum absolute atomic E-state index is 0.263. The molecule has 1 aliphatic rings. The van der Waals surface area contributed by atoms with Gasteiger partial charge in [0.2, 0.25) is 0 Å². The molecule has 19 heavy (non-hydrogen) atoms. The zero-order chi connectivity index (χ0) is 13.7. The molecule has 4 nitrogen and oxygen atoms in total. The van der Waals surface area contributed by atoms with E-state index in [4.69, 9.17) is 4.74 Å². The number of para-hydroxylation sites is 1. The van der Waals surface area contributed by atoms with Crippen LogP contribution in [0.3, 0.4) is 0 Å². The van der Waals surface area contributed by atoms with Crippen molar-refractivity contribution >= 4 is 0 Å². The van der Waals surface area contributed by atoms with Crippen LogP contribution in [0.4, 0.5) is 0 Å². The highest BCUT2D eigenvalue weighted by molar-refractivity contribution is 5.45. The van der Waals surface area contributed by atoms with Crippen LogP contribution in [0.5, 0.6) is 11.5 Å². The van der Waals surface area contributed by atoms with Gasteiger partial charge in [0.1, 0.15) is 0 Å². The van der Waals surface area contributed by atoms with Gasteiger partial charge in [0.15, 0.2) is 11.5 Å². The van der Waals surface area contributed by atoms with Crippen molar-refractivity contribution in [1.82, 2.24) is 10.2 Å². The minimum atomic E-state index is 0.263. The third kappa shape index (κ3) is 3.85. The lowest BCUT2D eigenvalue weighted by atomic mass is 9.99. The number of phenolic OH excluding ortho intramolecular Hbond substituents is 1. The third-order valence-electron chi connectivity index (χ3n) is 3.71. The van der Waals surface area contributed by atoms with Crippen molar-refractivity contribution in [3.8, 4) is 11.5 Å². The number of hydrogen-bond acceptors (Lipinski definition) is 4. The fourth-order valence-corrected chi connectivity index (χ4v) is 2.74. The highest BCUT2D eigenvalue weighted by atomic mass is 16.5. The summed E-state index contributed by atoms with van der Waals surface area (Å²) in [5.74, 6) is 1.52. The summed E-state index contributed by atoms with van der Waals surface area (Å²) in [6, 6.07) is 5.65. The Kier molecular flexibility index (Phi) is 5.05. The average Bonchev–Trinajstić information content (AvgIpc) is 2.42. The first-order valence-electron chi connectivity index (χ1n) is 6.95. The molecule has 1 aromatic rings. The van der Waals surface area contributed by atoms with Gasteiger partial charge in [-0.25, -0.2) is 0 Å². The Morgan fingerprint density at radius 2 is 2.32 bits per heavy atom. The summed E-state index contributed by atoms with van der Waals surface area (Å²) in [5, 5.41) is 13.5. The monoisotopic (exact) mass is 264 g/mol. The maximum atomic E-state index is 10.1. The Hall–Kier alpha value is -1.26. The van der Waals surface area contributed by atoms with Gasteiger partial charge in [-0.05, 0) is 45.0 Å². The van der Waals surface area contributed by atoms with E-state index >= 15 is 0 Å². The first-order valence-corrected chi connectivity index (χ1v) is 6.95. The molecule has 1 saturated heterocycles. The van der Waals surface area contributed by atoms with Gasteiger partial charge in [-0.3, -0.25) is 0 Å². The Balaban J connectivity index is 1.92. The summed E-state index contributed by atoms with van der Waals surface area (Å²) in [7, 11) is 3.68. The standard InChI is InChI=1S/C15H24N2O2/c1-17(10-12-5-4-8-16-9-12)11-13-6-3-7-14(19-2)15(13)18/h3,6-7,12,16,18H,4-5,8-11H2,1-2H3. The molecule has 0 spiro atoms. The lowest BCUT2D eigenvalue weighted by Crippen LogP contribution is -2.36. The predicted molar refractivity (Wildman–Crippen MR) is 76.6 cm³/mol. The van der Waals surface area contributed by atoms with Gasteiger partial charge in [0.25, 0.3) is 0 Å². The van der Waals surface area contributed by atoms with Crippen molar-refractivity contribution in [2.45, 2.75) is 19.4 Å². The predicted octanol–water partition coefficient (Wildman–Crippen LogP) is 1.83. The van der Waals surface area contributed by atoms with E-state index in [-0.39, 0.29) is 5.75 Å². The molecule has 1 heterocycles. The van der Waals surface area contributed by atoms with Gasteiger partial charge >= 0.3 is 0 Å². The van der Waals surface area contributed by atoms with Crippen LogP contribution >= 0.6 is 0 Å². The zero-order valence-electron chi connectivity index (χ0n) is 11.9. The van der Waals surface area contributed by atoms with Crippen LogP contribution in [-0.2, 0) is 6.54 Å². The number of nitrogens with zero attached hydrogens (tertiary/aromatic N) is 1. The minimum Gasteiger partial charge on any atom is -0.504 e. The van der Waals surface area contributed by atoms with Crippen molar-refractivity contribution in [3.05, 3.63) is 23.8 Å². The smallest absolute Gasteiger partial charge is 0.162 e. The van der Waals surface area contributed by atoms with Gasteiger partial charge in [-0.15, -0.1) is 0 Å². The van der Waals surface area contributed by atoms with Crippen molar-refractivity contribution in [2.75, 3.05) is 33.8 Å². The van der Waals surface area contributed by atoms with E-state index in [9.17, 15) is 5.11 Å². The molecular formula is C15H24N2O2. The van der Waals surface area contributed by atoms with Gasteiger partial charge in [0, 0.05) is 18.7 Å². The summed E-state index contributed by atoms with van der Waals surface area (Å²) >= 11 is 0. The number of hydrogen-bond donors (Lipinski definition) is 2.